The summed E-state index contributed by atoms with van der Waals surface area (Å²) in [5, 5.41) is 40.2. The highest BCUT2D eigenvalue weighted by Gasteiger charge is 2.44. The van der Waals surface area contributed by atoms with Gasteiger partial charge in [-0.15, -0.1) is 0 Å². The van der Waals surface area contributed by atoms with Gasteiger partial charge in [-0.05, 0) is 77.0 Å². The van der Waals surface area contributed by atoms with Gasteiger partial charge in [-0.25, -0.2) is 0 Å². The van der Waals surface area contributed by atoms with Gasteiger partial charge in [0.2, 0.25) is 0 Å². The molecule has 0 aromatic carbocycles. The lowest BCUT2D eigenvalue weighted by molar-refractivity contribution is -0.305. The number of ether oxygens (including phenoxy) is 4. The lowest BCUT2D eigenvalue weighted by Gasteiger charge is -2.39. The zero-order valence-electron chi connectivity index (χ0n) is 38.2. The van der Waals surface area contributed by atoms with Crippen LogP contribution in [0.5, 0.6) is 0 Å². The lowest BCUT2D eigenvalue weighted by atomic mass is 9.99. The van der Waals surface area contributed by atoms with Crippen LogP contribution in [-0.2, 0) is 23.7 Å². The molecule has 1 fully saturated rings. The summed E-state index contributed by atoms with van der Waals surface area (Å²) in [6.45, 7) is 4.42. The van der Waals surface area contributed by atoms with Crippen LogP contribution in [0.4, 0.5) is 0 Å². The van der Waals surface area contributed by atoms with E-state index in [1.165, 1.54) is 103 Å². The molecule has 0 spiro atoms. The Morgan fingerprint density at radius 2 is 1.02 bits per heavy atom. The average molecular weight is 847 g/mol. The minimum atomic E-state index is -1.54. The molecule has 0 aromatic rings. The Morgan fingerprint density at radius 1 is 0.550 bits per heavy atom. The fourth-order valence-corrected chi connectivity index (χ4v) is 7.12. The van der Waals surface area contributed by atoms with Crippen molar-refractivity contribution in [2.45, 2.75) is 230 Å². The smallest absolute Gasteiger partial charge is 0.306 e. The molecule has 0 saturated carbocycles. The number of carbonyl (C=O) groups is 1. The molecule has 0 radical (unpaired) electrons. The van der Waals surface area contributed by atoms with Crippen molar-refractivity contribution in [3.8, 4) is 0 Å². The van der Waals surface area contributed by atoms with Crippen molar-refractivity contribution in [2.75, 3.05) is 26.4 Å². The number of esters is 1. The Hall–Kier alpha value is -2.11. The van der Waals surface area contributed by atoms with Crippen LogP contribution in [-0.4, -0.2) is 89.6 Å². The van der Waals surface area contributed by atoms with E-state index < -0.39 is 43.4 Å². The molecule has 1 aliphatic heterocycles. The van der Waals surface area contributed by atoms with E-state index in [4.69, 9.17) is 18.9 Å². The zero-order valence-corrected chi connectivity index (χ0v) is 38.2. The first kappa shape index (κ1) is 55.9. The number of hydrogen-bond acceptors (Lipinski definition) is 9. The molecule has 60 heavy (non-hydrogen) atoms. The highest BCUT2D eigenvalue weighted by atomic mass is 16.7. The second kappa shape index (κ2) is 42.2. The lowest BCUT2D eigenvalue weighted by Crippen LogP contribution is -2.59. The third kappa shape index (κ3) is 32.6. The minimum Gasteiger partial charge on any atom is -0.457 e. The number of aliphatic hydroxyl groups excluding tert-OH is 4. The Morgan fingerprint density at radius 3 is 1.55 bits per heavy atom. The van der Waals surface area contributed by atoms with Crippen molar-refractivity contribution < 1.29 is 44.2 Å². The predicted molar refractivity (Wildman–Crippen MR) is 247 cm³/mol. The Labute approximate surface area is 366 Å². The summed E-state index contributed by atoms with van der Waals surface area (Å²) in [5.41, 5.74) is 0. The van der Waals surface area contributed by atoms with E-state index in [0.29, 0.717) is 13.0 Å². The number of carbonyl (C=O) groups excluding carboxylic acids is 1. The molecule has 348 valence electrons. The molecule has 9 heteroatoms. The molecule has 1 saturated heterocycles. The number of unbranched alkanes of at least 4 members (excludes halogenated alkanes) is 20. The summed E-state index contributed by atoms with van der Waals surface area (Å²) < 4.78 is 22.9. The molecule has 0 bridgehead atoms. The number of aliphatic hydroxyl groups is 4. The van der Waals surface area contributed by atoms with E-state index in [9.17, 15) is 25.2 Å². The van der Waals surface area contributed by atoms with Gasteiger partial charge in [0.05, 0.1) is 19.8 Å². The maximum absolute atomic E-state index is 12.8. The normalized spacial score (nSPS) is 20.5. The Balaban J connectivity index is 2.25. The fourth-order valence-electron chi connectivity index (χ4n) is 7.12. The maximum atomic E-state index is 12.8. The molecule has 1 rings (SSSR count). The van der Waals surface area contributed by atoms with Gasteiger partial charge in [-0.1, -0.05) is 171 Å². The van der Waals surface area contributed by atoms with Crippen LogP contribution in [0.3, 0.4) is 0 Å². The first-order valence-corrected chi connectivity index (χ1v) is 24.4. The molecule has 0 aromatic heterocycles. The van der Waals surface area contributed by atoms with Crippen LogP contribution in [0.2, 0.25) is 0 Å². The molecule has 1 aliphatic rings. The van der Waals surface area contributed by atoms with Crippen LogP contribution >= 0.6 is 0 Å². The standard InChI is InChI=1S/C51H90O9/c1-3-5-7-9-11-13-15-17-19-21-23-24-26-28-30-32-34-36-38-40-47(53)59-45(44-58-51-50(56)49(55)48(54)46(42-52)60-51)43-57-41-39-37-35-33-31-29-27-25-22-20-18-16-14-12-10-8-6-4-2/h5,7,11,13,17-20,23-24,45-46,48-52,54-56H,3-4,6,8-10,12,14-16,21-22,25-44H2,1-2H3/b7-5-,13-11-,19-17-,20-18-,24-23-. The third-order valence-electron chi connectivity index (χ3n) is 10.9. The van der Waals surface area contributed by atoms with Crippen LogP contribution in [0, 0.1) is 0 Å². The molecule has 9 nitrogen and oxygen atoms in total. The Bertz CT molecular complexity index is 1100. The Kier molecular flexibility index (Phi) is 39.3. The van der Waals surface area contributed by atoms with Gasteiger partial charge in [-0.3, -0.25) is 4.79 Å². The zero-order chi connectivity index (χ0) is 43.6. The second-order valence-electron chi connectivity index (χ2n) is 16.5. The van der Waals surface area contributed by atoms with E-state index in [2.05, 4.69) is 74.6 Å². The van der Waals surface area contributed by atoms with Crippen LogP contribution in [0.15, 0.2) is 60.8 Å². The van der Waals surface area contributed by atoms with Gasteiger partial charge < -0.3 is 39.4 Å². The van der Waals surface area contributed by atoms with E-state index in [1.54, 1.807) is 0 Å². The molecule has 1 heterocycles. The molecule has 6 atom stereocenters. The van der Waals surface area contributed by atoms with Crippen molar-refractivity contribution in [3.05, 3.63) is 60.8 Å². The summed E-state index contributed by atoms with van der Waals surface area (Å²) in [5.74, 6) is -0.329. The van der Waals surface area contributed by atoms with Crippen molar-refractivity contribution in [1.82, 2.24) is 0 Å². The van der Waals surface area contributed by atoms with E-state index in [-0.39, 0.29) is 19.2 Å². The summed E-state index contributed by atoms with van der Waals surface area (Å²) in [6.07, 6.45) is 46.7. The van der Waals surface area contributed by atoms with Gasteiger partial charge in [0.25, 0.3) is 0 Å². The minimum absolute atomic E-state index is 0.122. The van der Waals surface area contributed by atoms with Crippen LogP contribution in [0.25, 0.3) is 0 Å². The van der Waals surface area contributed by atoms with Crippen molar-refractivity contribution in [1.29, 1.82) is 0 Å². The molecular formula is C51H90O9. The summed E-state index contributed by atoms with van der Waals surface area (Å²) in [4.78, 5) is 12.8. The van der Waals surface area contributed by atoms with E-state index in [1.807, 2.05) is 0 Å². The first-order valence-electron chi connectivity index (χ1n) is 24.4. The fraction of sp³-hybridized carbons (Fsp3) is 0.784. The molecule has 0 amide bonds. The average Bonchev–Trinajstić information content (AvgIpc) is 3.25. The monoisotopic (exact) mass is 847 g/mol. The molecule has 6 unspecified atom stereocenters. The quantitative estimate of drug-likeness (QED) is 0.0269. The van der Waals surface area contributed by atoms with Gasteiger partial charge in [0.15, 0.2) is 6.29 Å². The van der Waals surface area contributed by atoms with Crippen LogP contribution < -0.4 is 0 Å². The summed E-state index contributed by atoms with van der Waals surface area (Å²) in [7, 11) is 0. The van der Waals surface area contributed by atoms with E-state index in [0.717, 1.165) is 70.6 Å². The summed E-state index contributed by atoms with van der Waals surface area (Å²) >= 11 is 0. The third-order valence-corrected chi connectivity index (χ3v) is 10.9. The highest BCUT2D eigenvalue weighted by molar-refractivity contribution is 5.69. The van der Waals surface area contributed by atoms with Gasteiger partial charge in [0, 0.05) is 13.0 Å². The topological polar surface area (TPSA) is 135 Å². The largest absolute Gasteiger partial charge is 0.457 e. The number of rotatable bonds is 41. The SMILES string of the molecule is CC/C=C\C/C=C\C/C=C\C/C=C\CCCCCCCCC(=O)OC(COCCCCCCCCCC/C=C\CCCCCCCC)COC1OC(CO)C(O)C(O)C1O. The number of allylic oxidation sites excluding steroid dienone is 10. The highest BCUT2D eigenvalue weighted by Crippen LogP contribution is 2.22. The predicted octanol–water partition coefficient (Wildman–Crippen LogP) is 11.5. The first-order chi connectivity index (χ1) is 29.4. The van der Waals surface area contributed by atoms with Gasteiger partial charge in [0.1, 0.15) is 30.5 Å². The number of hydrogen-bond donors (Lipinski definition) is 4. The molecule has 4 N–H and O–H groups in total. The van der Waals surface area contributed by atoms with Crippen molar-refractivity contribution in [3.63, 3.8) is 0 Å². The second-order valence-corrected chi connectivity index (χ2v) is 16.5. The molecular weight excluding hydrogens is 757 g/mol. The van der Waals surface area contributed by atoms with Crippen molar-refractivity contribution in [2.24, 2.45) is 0 Å². The maximum Gasteiger partial charge on any atom is 0.306 e. The molecule has 0 aliphatic carbocycles. The van der Waals surface area contributed by atoms with Crippen LogP contribution in [0.1, 0.15) is 194 Å². The summed E-state index contributed by atoms with van der Waals surface area (Å²) in [6, 6.07) is 0. The van der Waals surface area contributed by atoms with E-state index >= 15 is 0 Å². The van der Waals surface area contributed by atoms with Gasteiger partial charge >= 0.3 is 5.97 Å². The van der Waals surface area contributed by atoms with Crippen molar-refractivity contribution >= 4 is 5.97 Å². The van der Waals surface area contributed by atoms with Gasteiger partial charge in [-0.2, -0.15) is 0 Å².